The van der Waals surface area contributed by atoms with Crippen LogP contribution in [0.3, 0.4) is 0 Å². The molecule has 3 rings (SSSR count). The molecule has 1 saturated heterocycles. The zero-order valence-corrected chi connectivity index (χ0v) is 24.1. The van der Waals surface area contributed by atoms with Crippen molar-refractivity contribution in [2.24, 2.45) is 17.8 Å². The van der Waals surface area contributed by atoms with Crippen LogP contribution in [0.25, 0.3) is 10.9 Å². The predicted molar refractivity (Wildman–Crippen MR) is 152 cm³/mol. The summed E-state index contributed by atoms with van der Waals surface area (Å²) in [5.41, 5.74) is 3.66. The largest absolute Gasteiger partial charge is 0.497 e. The predicted octanol–water partition coefficient (Wildman–Crippen LogP) is 2.79. The highest BCUT2D eigenvalue weighted by molar-refractivity contribution is 5.91. The number of aromatic nitrogens is 1. The molecule has 1 aromatic carbocycles. The maximum Gasteiger partial charge on any atom is 0.407 e. The highest BCUT2D eigenvalue weighted by atomic mass is 16.5. The van der Waals surface area contributed by atoms with E-state index in [9.17, 15) is 24.4 Å². The van der Waals surface area contributed by atoms with Crippen molar-refractivity contribution >= 4 is 34.7 Å². The van der Waals surface area contributed by atoms with E-state index >= 15 is 0 Å². The number of amides is 4. The average Bonchev–Trinajstić information content (AvgIpc) is 3.36. The lowest BCUT2D eigenvalue weighted by atomic mass is 9.81. The zero-order valence-electron chi connectivity index (χ0n) is 24.1. The van der Waals surface area contributed by atoms with Gasteiger partial charge in [0.25, 0.3) is 0 Å². The summed E-state index contributed by atoms with van der Waals surface area (Å²) in [6.45, 7) is 4.69. The van der Waals surface area contributed by atoms with Gasteiger partial charge in [0.15, 0.2) is 0 Å². The van der Waals surface area contributed by atoms with Gasteiger partial charge in [-0.15, -0.1) is 0 Å². The van der Waals surface area contributed by atoms with Crippen molar-refractivity contribution in [2.75, 3.05) is 26.8 Å². The molecular formula is C29H43N5O7. The average molecular weight is 574 g/mol. The number of methoxy groups -OCH3 is 1. The molecule has 1 fully saturated rings. The Kier molecular flexibility index (Phi) is 12.3. The van der Waals surface area contributed by atoms with E-state index in [1.54, 1.807) is 12.6 Å². The summed E-state index contributed by atoms with van der Waals surface area (Å²) in [5.74, 6) is -2.22. The topological polar surface area (TPSA) is 171 Å². The number of hydrogen-bond acceptors (Lipinski definition) is 7. The monoisotopic (exact) mass is 573 g/mol. The van der Waals surface area contributed by atoms with Crippen LogP contribution in [-0.2, 0) is 25.5 Å². The summed E-state index contributed by atoms with van der Waals surface area (Å²) in [6.07, 6.45) is 4.38. The van der Waals surface area contributed by atoms with Gasteiger partial charge in [0.1, 0.15) is 11.8 Å². The molecule has 2 heterocycles. The molecule has 2 aromatic rings. The molecule has 3 atom stereocenters. The minimum Gasteiger partial charge on any atom is -0.497 e. The van der Waals surface area contributed by atoms with Crippen molar-refractivity contribution in [3.63, 3.8) is 0 Å². The molecule has 12 heteroatoms. The highest BCUT2D eigenvalue weighted by Crippen LogP contribution is 2.27. The second-order valence-electron chi connectivity index (χ2n) is 10.8. The second kappa shape index (κ2) is 15.8. The standard InChI is InChI=1S/C29H43N5O7/c1-18(2)15-23-22(27(36)34-39)7-6-14-41-29(38)31-12-5-4-8-24(33-26(23)35)28(37)30-13-11-19-17-32-25-16-20(40-3)9-10-21(19)25/h9-10,16-18,22-24,32,39H,4-8,11-15H2,1-3H3,(H,30,37)(H,31,38)(H,33,35)(H,34,36)/t22-,23+,24-/m0/s1. The molecule has 226 valence electrons. The smallest absolute Gasteiger partial charge is 0.407 e. The van der Waals surface area contributed by atoms with Gasteiger partial charge in [-0.25, -0.2) is 10.3 Å². The van der Waals surface area contributed by atoms with Crippen molar-refractivity contribution in [3.05, 3.63) is 30.0 Å². The van der Waals surface area contributed by atoms with E-state index in [-0.39, 0.29) is 24.9 Å². The van der Waals surface area contributed by atoms with Gasteiger partial charge in [0, 0.05) is 42.2 Å². The van der Waals surface area contributed by atoms with Gasteiger partial charge in [0.05, 0.1) is 19.6 Å². The van der Waals surface area contributed by atoms with Gasteiger partial charge in [-0.1, -0.05) is 13.8 Å². The van der Waals surface area contributed by atoms with E-state index in [1.807, 2.05) is 38.2 Å². The molecule has 0 bridgehead atoms. The van der Waals surface area contributed by atoms with Crippen molar-refractivity contribution in [1.29, 1.82) is 0 Å². The second-order valence-corrected chi connectivity index (χ2v) is 10.8. The first-order valence-corrected chi connectivity index (χ1v) is 14.3. The van der Waals surface area contributed by atoms with E-state index in [2.05, 4.69) is 20.9 Å². The molecular weight excluding hydrogens is 530 g/mol. The Bertz CT molecular complexity index is 1180. The van der Waals surface area contributed by atoms with Crippen molar-refractivity contribution in [1.82, 2.24) is 26.4 Å². The summed E-state index contributed by atoms with van der Waals surface area (Å²) < 4.78 is 10.5. The lowest BCUT2D eigenvalue weighted by molar-refractivity contribution is -0.142. The number of ether oxygens (including phenoxy) is 2. The molecule has 0 unspecified atom stereocenters. The van der Waals surface area contributed by atoms with Gasteiger partial charge < -0.3 is 30.4 Å². The Morgan fingerprint density at radius 2 is 1.95 bits per heavy atom. The Morgan fingerprint density at radius 1 is 1.15 bits per heavy atom. The number of cyclic esters (lactones) is 1. The Hall–Kier alpha value is -3.80. The van der Waals surface area contributed by atoms with Crippen molar-refractivity contribution < 1.29 is 33.9 Å². The summed E-state index contributed by atoms with van der Waals surface area (Å²) in [4.78, 5) is 54.7. The molecule has 1 aliphatic rings. The first kappa shape index (κ1) is 31.7. The molecule has 12 nitrogen and oxygen atoms in total. The van der Waals surface area contributed by atoms with Crippen LogP contribution >= 0.6 is 0 Å². The fourth-order valence-electron chi connectivity index (χ4n) is 5.23. The van der Waals surface area contributed by atoms with Crippen LogP contribution in [0, 0.1) is 17.8 Å². The summed E-state index contributed by atoms with van der Waals surface area (Å²) in [7, 11) is 1.61. The number of carbonyl (C=O) groups excluding carboxylic acids is 4. The van der Waals surface area contributed by atoms with Gasteiger partial charge >= 0.3 is 6.09 Å². The van der Waals surface area contributed by atoms with E-state index in [0.717, 1.165) is 22.2 Å². The zero-order chi connectivity index (χ0) is 29.8. The van der Waals surface area contributed by atoms with Gasteiger partial charge in [0.2, 0.25) is 17.7 Å². The lowest BCUT2D eigenvalue weighted by Crippen LogP contribution is -2.51. The molecule has 0 aliphatic carbocycles. The first-order chi connectivity index (χ1) is 19.7. The van der Waals surface area contributed by atoms with Crippen LogP contribution in [0.2, 0.25) is 0 Å². The quantitative estimate of drug-likeness (QED) is 0.208. The van der Waals surface area contributed by atoms with Crippen LogP contribution in [0.15, 0.2) is 24.4 Å². The minimum atomic E-state index is -0.858. The molecule has 41 heavy (non-hydrogen) atoms. The number of benzene rings is 1. The third-order valence-corrected chi connectivity index (χ3v) is 7.38. The van der Waals surface area contributed by atoms with Crippen LogP contribution in [0.5, 0.6) is 5.75 Å². The van der Waals surface area contributed by atoms with E-state index < -0.39 is 35.8 Å². The number of alkyl carbamates (subject to hydrolysis) is 1. The number of rotatable bonds is 8. The van der Waals surface area contributed by atoms with E-state index in [1.165, 1.54) is 0 Å². The Morgan fingerprint density at radius 3 is 2.68 bits per heavy atom. The summed E-state index contributed by atoms with van der Waals surface area (Å²) >= 11 is 0. The Labute approximate surface area is 240 Å². The number of carbonyl (C=O) groups is 4. The maximum atomic E-state index is 13.6. The molecule has 0 radical (unpaired) electrons. The van der Waals surface area contributed by atoms with Gasteiger partial charge in [-0.2, -0.15) is 0 Å². The number of hydrogen-bond donors (Lipinski definition) is 6. The molecule has 0 spiro atoms. The fraction of sp³-hybridized carbons (Fsp3) is 0.586. The van der Waals surface area contributed by atoms with Crippen molar-refractivity contribution in [2.45, 2.75) is 64.8 Å². The first-order valence-electron chi connectivity index (χ1n) is 14.3. The SMILES string of the molecule is COc1ccc2c(CCNC(=O)[C@@H]3CCCCNC(=O)OCCC[C@H](C(=O)NO)[C@@H](CC(C)C)C(=O)N3)c[nH]c2c1. The number of aromatic amines is 1. The number of nitrogens with one attached hydrogen (secondary N) is 5. The number of H-pyrrole nitrogens is 1. The summed E-state index contributed by atoms with van der Waals surface area (Å²) in [5, 5.41) is 18.9. The molecule has 0 saturated carbocycles. The maximum absolute atomic E-state index is 13.6. The van der Waals surface area contributed by atoms with E-state index in [4.69, 9.17) is 9.47 Å². The minimum absolute atomic E-state index is 0.0755. The third-order valence-electron chi connectivity index (χ3n) is 7.38. The number of hydroxylamine groups is 1. The normalized spacial score (nSPS) is 21.1. The lowest BCUT2D eigenvalue weighted by Gasteiger charge is -2.28. The Balaban J connectivity index is 1.73. The number of fused-ring (bicyclic) bond motifs is 1. The summed E-state index contributed by atoms with van der Waals surface area (Å²) in [6, 6.07) is 4.95. The van der Waals surface area contributed by atoms with E-state index in [0.29, 0.717) is 51.6 Å². The van der Waals surface area contributed by atoms with Gasteiger partial charge in [-0.05, 0) is 68.6 Å². The third kappa shape index (κ3) is 9.38. The molecule has 1 aromatic heterocycles. The van der Waals surface area contributed by atoms with Crippen LogP contribution < -0.4 is 26.2 Å². The highest BCUT2D eigenvalue weighted by Gasteiger charge is 2.35. The molecule has 6 N–H and O–H groups in total. The van der Waals surface area contributed by atoms with Crippen LogP contribution in [-0.4, -0.2) is 66.9 Å². The van der Waals surface area contributed by atoms with Crippen LogP contribution in [0.4, 0.5) is 4.79 Å². The fourth-order valence-corrected chi connectivity index (χ4v) is 5.23. The van der Waals surface area contributed by atoms with Gasteiger partial charge in [-0.3, -0.25) is 19.6 Å². The van der Waals surface area contributed by atoms with Crippen LogP contribution in [0.1, 0.15) is 57.9 Å². The van der Waals surface area contributed by atoms with Crippen molar-refractivity contribution in [3.8, 4) is 5.75 Å². The molecule has 4 amide bonds. The molecule has 1 aliphatic heterocycles.